The standard InChI is InChI=1S/C21H15ClN2O3S/c22-13-6-8-16-15(11-13)18(20(26)24(16)21(23)27)19(25)17-9-7-14(28-17)10-12-4-2-1-3-5-12/h1-9,11,26H,10H2,(H2,23,27). The number of nitrogens with two attached hydrogens (primary N) is 1. The van der Waals surface area contributed by atoms with Crippen LogP contribution in [0.3, 0.4) is 0 Å². The summed E-state index contributed by atoms with van der Waals surface area (Å²) in [6, 6.07) is 17.3. The molecule has 4 aromatic rings. The number of aromatic nitrogens is 1. The summed E-state index contributed by atoms with van der Waals surface area (Å²) >= 11 is 7.41. The van der Waals surface area contributed by atoms with Crippen molar-refractivity contribution in [1.29, 1.82) is 0 Å². The van der Waals surface area contributed by atoms with Gasteiger partial charge in [-0.15, -0.1) is 11.3 Å². The number of aromatic hydroxyl groups is 1. The fourth-order valence-corrected chi connectivity index (χ4v) is 4.37. The van der Waals surface area contributed by atoms with E-state index in [2.05, 4.69) is 0 Å². The zero-order valence-electron chi connectivity index (χ0n) is 14.6. The van der Waals surface area contributed by atoms with E-state index >= 15 is 0 Å². The normalized spacial score (nSPS) is 11.0. The molecule has 0 radical (unpaired) electrons. The van der Waals surface area contributed by atoms with Crippen LogP contribution >= 0.6 is 22.9 Å². The predicted octanol–water partition coefficient (Wildman–Crippen LogP) is 4.81. The van der Waals surface area contributed by atoms with Gasteiger partial charge in [0.2, 0.25) is 11.7 Å². The molecule has 1 amide bonds. The van der Waals surface area contributed by atoms with Gasteiger partial charge >= 0.3 is 6.03 Å². The molecule has 140 valence electrons. The molecule has 0 bridgehead atoms. The van der Waals surface area contributed by atoms with Gasteiger partial charge in [0.05, 0.1) is 16.0 Å². The fraction of sp³-hybridized carbons (Fsp3) is 0.0476. The first-order chi connectivity index (χ1) is 13.5. The molecule has 0 spiro atoms. The number of thiophene rings is 1. The predicted molar refractivity (Wildman–Crippen MR) is 111 cm³/mol. The lowest BCUT2D eigenvalue weighted by molar-refractivity contribution is 0.104. The summed E-state index contributed by atoms with van der Waals surface area (Å²) in [5.74, 6) is -0.859. The maximum absolute atomic E-state index is 13.1. The second kappa shape index (κ2) is 7.14. The van der Waals surface area contributed by atoms with Crippen LogP contribution < -0.4 is 5.73 Å². The fourth-order valence-electron chi connectivity index (χ4n) is 3.21. The third-order valence-electron chi connectivity index (χ3n) is 4.46. The zero-order chi connectivity index (χ0) is 19.8. The molecule has 0 unspecified atom stereocenters. The maximum atomic E-state index is 13.1. The number of primary amides is 1. The van der Waals surface area contributed by atoms with Gasteiger partial charge < -0.3 is 10.8 Å². The molecular weight excluding hydrogens is 396 g/mol. The highest BCUT2D eigenvalue weighted by Crippen LogP contribution is 2.35. The Hall–Kier alpha value is -3.09. The first kappa shape index (κ1) is 18.3. The Bertz CT molecular complexity index is 1210. The van der Waals surface area contributed by atoms with E-state index in [1.165, 1.54) is 11.3 Å². The van der Waals surface area contributed by atoms with Crippen LogP contribution in [0.15, 0.2) is 60.7 Å². The molecule has 2 aromatic carbocycles. The van der Waals surface area contributed by atoms with Crippen LogP contribution in [0.1, 0.15) is 25.7 Å². The van der Waals surface area contributed by atoms with Gasteiger partial charge in [-0.25, -0.2) is 9.36 Å². The van der Waals surface area contributed by atoms with E-state index in [9.17, 15) is 14.7 Å². The highest BCUT2D eigenvalue weighted by molar-refractivity contribution is 7.14. The van der Waals surface area contributed by atoms with Gasteiger partial charge in [0.15, 0.2) is 0 Å². The van der Waals surface area contributed by atoms with E-state index in [-0.39, 0.29) is 11.3 Å². The smallest absolute Gasteiger partial charge is 0.326 e. The van der Waals surface area contributed by atoms with Crippen molar-refractivity contribution >= 4 is 45.7 Å². The summed E-state index contributed by atoms with van der Waals surface area (Å²) in [6.07, 6.45) is 0.708. The van der Waals surface area contributed by atoms with Crippen LogP contribution in [0.5, 0.6) is 5.88 Å². The molecule has 3 N–H and O–H groups in total. The van der Waals surface area contributed by atoms with E-state index in [0.717, 1.165) is 15.0 Å². The summed E-state index contributed by atoms with van der Waals surface area (Å²) in [5.41, 5.74) is 6.88. The molecule has 7 heteroatoms. The molecule has 0 atom stereocenters. The molecule has 2 aromatic heterocycles. The molecule has 2 heterocycles. The number of halogens is 1. The minimum atomic E-state index is -0.875. The molecule has 0 aliphatic rings. The van der Waals surface area contributed by atoms with E-state index < -0.39 is 11.9 Å². The monoisotopic (exact) mass is 410 g/mol. The lowest BCUT2D eigenvalue weighted by Crippen LogP contribution is -2.18. The zero-order valence-corrected chi connectivity index (χ0v) is 16.1. The van der Waals surface area contributed by atoms with Crippen molar-refractivity contribution in [1.82, 2.24) is 4.57 Å². The van der Waals surface area contributed by atoms with Crippen LogP contribution in [-0.4, -0.2) is 21.5 Å². The Morgan fingerprint density at radius 3 is 2.54 bits per heavy atom. The minimum Gasteiger partial charge on any atom is -0.494 e. The number of rotatable bonds is 4. The van der Waals surface area contributed by atoms with Crippen molar-refractivity contribution in [2.75, 3.05) is 0 Å². The molecular formula is C21H15ClN2O3S. The van der Waals surface area contributed by atoms with Crippen molar-refractivity contribution < 1.29 is 14.7 Å². The Morgan fingerprint density at radius 2 is 1.82 bits per heavy atom. The summed E-state index contributed by atoms with van der Waals surface area (Å²) in [7, 11) is 0. The van der Waals surface area contributed by atoms with E-state index in [1.54, 1.807) is 24.3 Å². The molecule has 0 saturated heterocycles. The van der Waals surface area contributed by atoms with Gasteiger partial charge in [0.1, 0.15) is 0 Å². The third-order valence-corrected chi connectivity index (χ3v) is 5.78. The number of benzene rings is 2. The van der Waals surface area contributed by atoms with Gasteiger partial charge in [-0.1, -0.05) is 41.9 Å². The van der Waals surface area contributed by atoms with Crippen LogP contribution in [0.25, 0.3) is 10.9 Å². The molecule has 0 aliphatic carbocycles. The van der Waals surface area contributed by atoms with Crippen molar-refractivity contribution in [2.45, 2.75) is 6.42 Å². The number of hydrogen-bond acceptors (Lipinski definition) is 4. The van der Waals surface area contributed by atoms with Crippen LogP contribution in [0, 0.1) is 0 Å². The molecule has 28 heavy (non-hydrogen) atoms. The second-order valence-electron chi connectivity index (χ2n) is 6.29. The van der Waals surface area contributed by atoms with Gasteiger partial charge in [-0.2, -0.15) is 0 Å². The van der Waals surface area contributed by atoms with Gasteiger partial charge in [-0.3, -0.25) is 4.79 Å². The Labute approximate surface area is 169 Å². The lowest BCUT2D eigenvalue weighted by Gasteiger charge is -2.01. The molecule has 0 saturated carbocycles. The van der Waals surface area contributed by atoms with Crippen molar-refractivity contribution in [3.63, 3.8) is 0 Å². The highest BCUT2D eigenvalue weighted by Gasteiger charge is 2.26. The van der Waals surface area contributed by atoms with Gasteiger partial charge in [0.25, 0.3) is 0 Å². The van der Waals surface area contributed by atoms with Gasteiger partial charge in [-0.05, 0) is 35.9 Å². The minimum absolute atomic E-state index is 0.0180. The molecule has 4 rings (SSSR count). The maximum Gasteiger partial charge on any atom is 0.326 e. The van der Waals surface area contributed by atoms with Crippen molar-refractivity contribution in [3.8, 4) is 5.88 Å². The Morgan fingerprint density at radius 1 is 1.07 bits per heavy atom. The summed E-state index contributed by atoms with van der Waals surface area (Å²) in [5, 5.41) is 11.3. The molecule has 0 fully saturated rings. The number of fused-ring (bicyclic) bond motifs is 1. The van der Waals surface area contributed by atoms with Crippen molar-refractivity contribution in [3.05, 3.63) is 86.6 Å². The topological polar surface area (TPSA) is 85.3 Å². The first-order valence-corrected chi connectivity index (χ1v) is 9.65. The van der Waals surface area contributed by atoms with E-state index in [1.807, 2.05) is 36.4 Å². The quantitative estimate of drug-likeness (QED) is 0.473. The number of ketones is 1. The summed E-state index contributed by atoms with van der Waals surface area (Å²) in [4.78, 5) is 26.4. The molecule has 5 nitrogen and oxygen atoms in total. The molecule has 0 aliphatic heterocycles. The average molecular weight is 411 g/mol. The number of carbonyl (C=O) groups is 2. The van der Waals surface area contributed by atoms with Crippen LogP contribution in [0.2, 0.25) is 5.02 Å². The van der Waals surface area contributed by atoms with Gasteiger partial charge in [0, 0.05) is 21.7 Å². The largest absolute Gasteiger partial charge is 0.494 e. The number of carbonyl (C=O) groups excluding carboxylic acids is 2. The number of nitrogens with zero attached hydrogens (tertiary/aromatic N) is 1. The average Bonchev–Trinajstić information content (AvgIpc) is 3.23. The Kier molecular flexibility index (Phi) is 4.66. The lowest BCUT2D eigenvalue weighted by atomic mass is 10.1. The summed E-state index contributed by atoms with van der Waals surface area (Å²) < 4.78 is 0.914. The third kappa shape index (κ3) is 3.17. The van der Waals surface area contributed by atoms with Crippen LogP contribution in [-0.2, 0) is 6.42 Å². The van der Waals surface area contributed by atoms with Crippen molar-refractivity contribution in [2.24, 2.45) is 5.73 Å². The highest BCUT2D eigenvalue weighted by atomic mass is 35.5. The number of hydrogen-bond donors (Lipinski definition) is 2. The first-order valence-electron chi connectivity index (χ1n) is 8.46. The summed E-state index contributed by atoms with van der Waals surface area (Å²) in [6.45, 7) is 0. The number of amides is 1. The van der Waals surface area contributed by atoms with E-state index in [0.29, 0.717) is 27.2 Å². The van der Waals surface area contributed by atoms with Crippen LogP contribution in [0.4, 0.5) is 4.79 Å². The Balaban J connectivity index is 1.77. The van der Waals surface area contributed by atoms with E-state index in [4.69, 9.17) is 17.3 Å². The SMILES string of the molecule is NC(=O)n1c(O)c(C(=O)c2ccc(Cc3ccccc3)s2)c2cc(Cl)ccc21. The second-order valence-corrected chi connectivity index (χ2v) is 7.90.